The fraction of sp³-hybridized carbons (Fsp3) is 0.424. The highest BCUT2D eigenvalue weighted by Gasteiger charge is 2.16. The first kappa shape index (κ1) is 33.3. The van der Waals surface area contributed by atoms with E-state index in [0.717, 1.165) is 55.1 Å². The van der Waals surface area contributed by atoms with Gasteiger partial charge in [0.15, 0.2) is 6.29 Å². The van der Waals surface area contributed by atoms with Gasteiger partial charge >= 0.3 is 0 Å². The Kier molecular flexibility index (Phi) is 12.5. The number of primary amides is 1. The quantitative estimate of drug-likeness (QED) is 0.143. The lowest BCUT2D eigenvalue weighted by molar-refractivity contribution is -0.146. The average Bonchev–Trinajstić information content (AvgIpc) is 3.39. The Morgan fingerprint density at radius 2 is 1.75 bits per heavy atom. The minimum atomic E-state index is -0.979. The summed E-state index contributed by atoms with van der Waals surface area (Å²) in [4.78, 5) is 14.4. The maximum atomic E-state index is 12.0. The molecule has 11 nitrogen and oxygen atoms in total. The number of nitrogens with zero attached hydrogens (tertiary/aromatic N) is 2. The molecular weight excluding hydrogens is 566 g/mol. The van der Waals surface area contributed by atoms with Crippen molar-refractivity contribution in [1.29, 1.82) is 0 Å². The first-order valence-electron chi connectivity index (χ1n) is 14.8. The summed E-state index contributed by atoms with van der Waals surface area (Å²) < 4.78 is 18.3. The van der Waals surface area contributed by atoms with Crippen LogP contribution < -0.4 is 10.5 Å². The van der Waals surface area contributed by atoms with Gasteiger partial charge in [-0.1, -0.05) is 36.4 Å². The third-order valence-corrected chi connectivity index (χ3v) is 7.40. The molecule has 0 bridgehead atoms. The molecule has 4 aromatic rings. The first-order valence-corrected chi connectivity index (χ1v) is 14.8. The van der Waals surface area contributed by atoms with Crippen molar-refractivity contribution in [2.45, 2.75) is 38.4 Å². The number of nitrogens with two attached hydrogens (primary N) is 1. The van der Waals surface area contributed by atoms with Crippen LogP contribution in [0.4, 0.5) is 0 Å². The van der Waals surface area contributed by atoms with Crippen LogP contribution in [0.15, 0.2) is 66.9 Å². The normalized spacial score (nSPS) is 15.8. The summed E-state index contributed by atoms with van der Waals surface area (Å²) in [6.45, 7) is 6.32. The van der Waals surface area contributed by atoms with Crippen LogP contribution >= 0.6 is 0 Å². The summed E-state index contributed by atoms with van der Waals surface area (Å²) in [5.74, 6) is 0.368. The summed E-state index contributed by atoms with van der Waals surface area (Å²) in [5, 5.41) is 38.1. The van der Waals surface area contributed by atoms with E-state index < -0.39 is 24.4 Å². The minimum absolute atomic E-state index is 0.109. The van der Waals surface area contributed by atoms with Gasteiger partial charge in [-0.15, -0.1) is 0 Å². The largest absolute Gasteiger partial charge is 0.492 e. The number of carbonyl (C=O) groups is 1. The number of benzene rings is 3. The van der Waals surface area contributed by atoms with Gasteiger partial charge in [-0.25, -0.2) is 0 Å². The van der Waals surface area contributed by atoms with E-state index in [2.05, 4.69) is 39.8 Å². The molecule has 0 spiro atoms. The van der Waals surface area contributed by atoms with Gasteiger partial charge in [0.05, 0.1) is 49.7 Å². The molecular formula is C33H43N3O8. The smallest absolute Gasteiger partial charge is 0.250 e. The van der Waals surface area contributed by atoms with Crippen molar-refractivity contribution in [3.05, 3.63) is 78.0 Å². The number of ether oxygens (including phenoxy) is 3. The topological polar surface area (TPSA) is 160 Å². The summed E-state index contributed by atoms with van der Waals surface area (Å²) in [6.07, 6.45) is -0.571. The standard InChI is InChI=1S/C26H27N3O3.C7H16O5/c27-26(30)24-18-29(17-19-5-6-20-3-1-2-4-21(20)15-19)25-16-22(7-8-23(24)25)32-14-11-28-9-12-31-13-10-28;1-5(10)12-7(4-9)2-6(11)3-8/h1-8,15-16,18H,9-14,17H2,(H2,27,30);5-11H,2-4H2,1H3. The molecule has 0 radical (unpaired) electrons. The van der Waals surface area contributed by atoms with Crippen molar-refractivity contribution in [1.82, 2.24) is 9.47 Å². The highest BCUT2D eigenvalue weighted by Crippen LogP contribution is 2.27. The van der Waals surface area contributed by atoms with Crippen LogP contribution in [0.5, 0.6) is 5.75 Å². The molecule has 5 rings (SSSR count). The molecule has 6 N–H and O–H groups in total. The van der Waals surface area contributed by atoms with Crippen LogP contribution in [-0.4, -0.2) is 107 Å². The number of fused-ring (bicyclic) bond motifs is 2. The second-order valence-electron chi connectivity index (χ2n) is 10.8. The van der Waals surface area contributed by atoms with Crippen LogP contribution in [0.25, 0.3) is 21.7 Å². The molecule has 0 saturated carbocycles. The molecule has 44 heavy (non-hydrogen) atoms. The first-order chi connectivity index (χ1) is 21.3. The lowest BCUT2D eigenvalue weighted by Gasteiger charge is -2.26. The van der Waals surface area contributed by atoms with E-state index in [-0.39, 0.29) is 19.6 Å². The monoisotopic (exact) mass is 609 g/mol. The molecule has 1 aliphatic rings. The zero-order valence-electron chi connectivity index (χ0n) is 25.0. The van der Waals surface area contributed by atoms with Crippen molar-refractivity contribution in [3.63, 3.8) is 0 Å². The number of aliphatic hydroxyl groups excluding tert-OH is 4. The molecule has 1 aromatic heterocycles. The molecule has 2 heterocycles. The molecule has 1 fully saturated rings. The van der Waals surface area contributed by atoms with E-state index in [0.29, 0.717) is 18.7 Å². The number of rotatable bonds is 13. The molecule has 11 heteroatoms. The van der Waals surface area contributed by atoms with Crippen LogP contribution in [0.2, 0.25) is 0 Å². The maximum absolute atomic E-state index is 12.0. The number of morpholine rings is 1. The van der Waals surface area contributed by atoms with Gasteiger partial charge in [-0.2, -0.15) is 0 Å². The van der Waals surface area contributed by atoms with E-state index in [1.54, 1.807) is 0 Å². The van der Waals surface area contributed by atoms with Crippen LogP contribution in [0.3, 0.4) is 0 Å². The van der Waals surface area contributed by atoms with Gasteiger partial charge in [-0.3, -0.25) is 9.69 Å². The molecule has 3 atom stereocenters. The van der Waals surface area contributed by atoms with Crippen molar-refractivity contribution in [2.75, 3.05) is 52.7 Å². The maximum Gasteiger partial charge on any atom is 0.250 e. The Hall–Kier alpha value is -3.55. The highest BCUT2D eigenvalue weighted by atomic mass is 16.6. The van der Waals surface area contributed by atoms with E-state index in [1.807, 2.05) is 36.5 Å². The predicted octanol–water partition coefficient (Wildman–Crippen LogP) is 2.10. The zero-order chi connectivity index (χ0) is 31.5. The summed E-state index contributed by atoms with van der Waals surface area (Å²) >= 11 is 0. The number of amides is 1. The highest BCUT2D eigenvalue weighted by molar-refractivity contribution is 6.06. The van der Waals surface area contributed by atoms with Gasteiger partial charge in [0.25, 0.3) is 5.91 Å². The van der Waals surface area contributed by atoms with Gasteiger partial charge < -0.3 is 44.9 Å². The van der Waals surface area contributed by atoms with E-state index in [4.69, 9.17) is 40.4 Å². The summed E-state index contributed by atoms with van der Waals surface area (Å²) in [5.41, 5.74) is 8.29. The van der Waals surface area contributed by atoms with Crippen molar-refractivity contribution >= 4 is 27.6 Å². The molecule has 3 unspecified atom stereocenters. The van der Waals surface area contributed by atoms with Gasteiger partial charge in [-0.05, 0) is 41.5 Å². The Morgan fingerprint density at radius 1 is 1.00 bits per heavy atom. The Bertz CT molecular complexity index is 1480. The SMILES string of the molecule is CC(O)OC(CO)CC(O)CO.NC(=O)c1cn(Cc2ccc3ccccc3c2)c2cc(OCCN3CCOCC3)ccc12. The fourth-order valence-electron chi connectivity index (χ4n) is 5.17. The van der Waals surface area contributed by atoms with Crippen molar-refractivity contribution < 1.29 is 39.4 Å². The second-order valence-corrected chi connectivity index (χ2v) is 10.8. The summed E-state index contributed by atoms with van der Waals surface area (Å²) in [7, 11) is 0. The lowest BCUT2D eigenvalue weighted by atomic mass is 10.1. The van der Waals surface area contributed by atoms with E-state index >= 15 is 0 Å². The van der Waals surface area contributed by atoms with E-state index in [1.165, 1.54) is 17.7 Å². The molecule has 1 amide bonds. The Balaban J connectivity index is 0.000000314. The van der Waals surface area contributed by atoms with Crippen LogP contribution in [0, 0.1) is 0 Å². The molecule has 0 aliphatic carbocycles. The number of carbonyl (C=O) groups excluding carboxylic acids is 1. The number of hydrogen-bond acceptors (Lipinski definition) is 9. The van der Waals surface area contributed by atoms with Gasteiger partial charge in [0, 0.05) is 50.2 Å². The number of hydrogen-bond donors (Lipinski definition) is 5. The zero-order valence-corrected chi connectivity index (χ0v) is 25.0. The summed E-state index contributed by atoms with van der Waals surface area (Å²) in [6, 6.07) is 20.6. The Morgan fingerprint density at radius 3 is 2.43 bits per heavy atom. The van der Waals surface area contributed by atoms with Gasteiger partial charge in [0.1, 0.15) is 12.4 Å². The van der Waals surface area contributed by atoms with Crippen molar-refractivity contribution in [3.8, 4) is 5.75 Å². The molecule has 1 aliphatic heterocycles. The van der Waals surface area contributed by atoms with Crippen LogP contribution in [-0.2, 0) is 16.0 Å². The van der Waals surface area contributed by atoms with Crippen LogP contribution in [0.1, 0.15) is 29.3 Å². The minimum Gasteiger partial charge on any atom is -0.492 e. The third-order valence-electron chi connectivity index (χ3n) is 7.40. The van der Waals surface area contributed by atoms with Crippen molar-refractivity contribution in [2.24, 2.45) is 5.73 Å². The number of aliphatic hydroxyl groups is 4. The predicted molar refractivity (Wildman–Crippen MR) is 168 cm³/mol. The fourth-order valence-corrected chi connectivity index (χ4v) is 5.17. The molecule has 3 aromatic carbocycles. The Labute approximate surface area is 257 Å². The van der Waals surface area contributed by atoms with Gasteiger partial charge in [0.2, 0.25) is 0 Å². The molecule has 1 saturated heterocycles. The molecule has 238 valence electrons. The average molecular weight is 610 g/mol. The third kappa shape index (κ3) is 9.47. The van der Waals surface area contributed by atoms with E-state index in [9.17, 15) is 4.79 Å². The lowest BCUT2D eigenvalue weighted by Crippen LogP contribution is -2.38. The second kappa shape index (κ2) is 16.5. The number of aromatic nitrogens is 1.